The summed E-state index contributed by atoms with van der Waals surface area (Å²) in [6.07, 6.45) is 0. The van der Waals surface area contributed by atoms with Gasteiger partial charge in [0.15, 0.2) is 0 Å². The van der Waals surface area contributed by atoms with Crippen molar-refractivity contribution in [1.29, 1.82) is 0 Å². The lowest BCUT2D eigenvalue weighted by atomic mass is 9.98. The molecule has 0 fully saturated rings. The summed E-state index contributed by atoms with van der Waals surface area (Å²) in [5.41, 5.74) is 5.50. The predicted octanol–water partition coefficient (Wildman–Crippen LogP) is 6.94. The first-order chi connectivity index (χ1) is 11.9. The van der Waals surface area contributed by atoms with Gasteiger partial charge in [-0.1, -0.05) is 83.1 Å². The summed E-state index contributed by atoms with van der Waals surface area (Å²) in [4.78, 5) is 0. The van der Waals surface area contributed by atoms with Crippen molar-refractivity contribution in [2.75, 3.05) is 0 Å². The molecule has 0 N–H and O–H groups in total. The summed E-state index contributed by atoms with van der Waals surface area (Å²) in [6.45, 7) is 27.9. The second-order valence-corrected chi connectivity index (χ2v) is 13.8. The second-order valence-electron chi connectivity index (χ2n) is 11.7. The molecule has 0 aromatic carbocycles. The third-order valence-electron chi connectivity index (χ3n) is 4.29. The van der Waals surface area contributed by atoms with Gasteiger partial charge >= 0.3 is 0 Å². The molecule has 0 aliphatic heterocycles. The summed E-state index contributed by atoms with van der Waals surface area (Å²) in [7, 11) is 2.50. The van der Waals surface area contributed by atoms with E-state index in [2.05, 4.69) is 92.4 Å². The van der Waals surface area contributed by atoms with Crippen molar-refractivity contribution >= 4 is 16.4 Å². The minimum atomic E-state index is 0.0759. The highest BCUT2D eigenvalue weighted by atomic mass is 31.0. The fraction of sp³-hybridized carbons (Fsp3) is 0.810. The summed E-state index contributed by atoms with van der Waals surface area (Å²) in [6, 6.07) is 0. The van der Waals surface area contributed by atoms with E-state index in [0.29, 0.717) is 6.67 Å². The van der Waals surface area contributed by atoms with Crippen LogP contribution in [0.5, 0.6) is 0 Å². The molecule has 0 aliphatic carbocycles. The van der Waals surface area contributed by atoms with E-state index in [-0.39, 0.29) is 21.7 Å². The van der Waals surface area contributed by atoms with Gasteiger partial charge in [0, 0.05) is 21.7 Å². The third kappa shape index (κ3) is 5.21. The fourth-order valence-corrected chi connectivity index (χ4v) is 5.25. The Morgan fingerprint density at radius 1 is 0.556 bits per heavy atom. The topological polar surface area (TPSA) is 35.6 Å². The normalized spacial score (nSPS) is 14.7. The molecule has 0 bridgehead atoms. The highest BCUT2D eigenvalue weighted by molar-refractivity contribution is 7.32. The third-order valence-corrected chi connectivity index (χ3v) is 8.47. The largest absolute Gasteiger partial charge is 0.242 e. The van der Waals surface area contributed by atoms with E-state index in [1.54, 1.807) is 0 Å². The molecule has 0 unspecified atom stereocenters. The predicted molar refractivity (Wildman–Crippen MR) is 120 cm³/mol. The highest BCUT2D eigenvalue weighted by Gasteiger charge is 2.30. The van der Waals surface area contributed by atoms with Crippen molar-refractivity contribution in [3.8, 4) is 0 Å². The zero-order valence-electron chi connectivity index (χ0n) is 19.4. The van der Waals surface area contributed by atoms with Gasteiger partial charge in [0.25, 0.3) is 0 Å². The molecule has 2 heterocycles. The van der Waals surface area contributed by atoms with E-state index in [1.165, 1.54) is 38.1 Å². The summed E-state index contributed by atoms with van der Waals surface area (Å²) in [5, 5.41) is 10.1. The molecule has 152 valence electrons. The monoisotopic (exact) mass is 408 g/mol. The standard InChI is InChI=1S/C21H38N4P2/c1-18(2,3)14-22-24(16(26-14)20(7,8)9)13-25-17(21(10,11)12)27-15(23-25)19(4,5)6/h13H2,1-12H3. The molecule has 0 atom stereocenters. The molecule has 0 radical (unpaired) electrons. The Labute approximate surface area is 169 Å². The SMILES string of the molecule is CC(C)(C)c1nn(Cn2nc(C(C)(C)C)pc2C(C)(C)C)c(C(C)(C)C)p1. The minimum Gasteiger partial charge on any atom is -0.242 e. The van der Waals surface area contributed by atoms with Gasteiger partial charge < -0.3 is 0 Å². The molecule has 0 aliphatic rings. The van der Waals surface area contributed by atoms with Crippen molar-refractivity contribution in [2.24, 2.45) is 0 Å². The van der Waals surface area contributed by atoms with E-state index in [0.717, 1.165) is 0 Å². The zero-order valence-corrected chi connectivity index (χ0v) is 21.2. The molecule has 2 aromatic heterocycles. The Bertz CT molecular complexity index is 735. The molecule has 27 heavy (non-hydrogen) atoms. The minimum absolute atomic E-state index is 0.0759. The number of hydrogen-bond acceptors (Lipinski definition) is 2. The zero-order chi connectivity index (χ0) is 21.0. The van der Waals surface area contributed by atoms with Crippen LogP contribution in [-0.4, -0.2) is 19.6 Å². The smallest absolute Gasteiger partial charge is 0.134 e. The summed E-state index contributed by atoms with van der Waals surface area (Å²) >= 11 is 0. The first kappa shape index (κ1) is 22.6. The van der Waals surface area contributed by atoms with Crippen LogP contribution in [0.15, 0.2) is 0 Å². The molecule has 2 aromatic rings. The Balaban J connectivity index is 2.60. The summed E-state index contributed by atoms with van der Waals surface area (Å²) in [5.74, 6) is 0. The van der Waals surface area contributed by atoms with E-state index in [9.17, 15) is 0 Å². The first-order valence-electron chi connectivity index (χ1n) is 9.82. The van der Waals surface area contributed by atoms with Gasteiger partial charge in [-0.15, -0.1) is 0 Å². The maximum atomic E-state index is 5.05. The maximum Gasteiger partial charge on any atom is 0.134 e. The number of aromatic nitrogens is 4. The molecule has 0 saturated heterocycles. The van der Waals surface area contributed by atoms with Crippen molar-refractivity contribution in [2.45, 2.75) is 111 Å². The van der Waals surface area contributed by atoms with Crippen molar-refractivity contribution in [3.05, 3.63) is 21.7 Å². The van der Waals surface area contributed by atoms with E-state index < -0.39 is 0 Å². The van der Waals surface area contributed by atoms with Gasteiger partial charge in [0.1, 0.15) is 6.67 Å². The lowest BCUT2D eigenvalue weighted by Crippen LogP contribution is -2.25. The van der Waals surface area contributed by atoms with Crippen molar-refractivity contribution in [3.63, 3.8) is 0 Å². The van der Waals surface area contributed by atoms with E-state index in [4.69, 9.17) is 10.2 Å². The quantitative estimate of drug-likeness (QED) is 0.540. The molecular weight excluding hydrogens is 370 g/mol. The molecule has 0 amide bonds. The number of nitrogens with zero attached hydrogens (tertiary/aromatic N) is 4. The van der Waals surface area contributed by atoms with Crippen LogP contribution in [0.25, 0.3) is 0 Å². The van der Waals surface area contributed by atoms with Crippen LogP contribution in [0.2, 0.25) is 0 Å². The Morgan fingerprint density at radius 3 is 1.07 bits per heavy atom. The molecule has 0 spiro atoms. The van der Waals surface area contributed by atoms with Crippen LogP contribution in [0, 0.1) is 0 Å². The van der Waals surface area contributed by atoms with Gasteiger partial charge in [-0.05, 0) is 16.4 Å². The van der Waals surface area contributed by atoms with Crippen LogP contribution in [0.3, 0.4) is 0 Å². The van der Waals surface area contributed by atoms with Crippen LogP contribution in [0.4, 0.5) is 0 Å². The van der Waals surface area contributed by atoms with Crippen molar-refractivity contribution < 1.29 is 0 Å². The Kier molecular flexibility index (Phi) is 5.82. The van der Waals surface area contributed by atoms with Gasteiger partial charge in [0.05, 0.1) is 21.7 Å². The first-order valence-corrected chi connectivity index (χ1v) is 11.6. The number of hydrogen-bond donors (Lipinski definition) is 0. The average molecular weight is 409 g/mol. The second kappa shape index (κ2) is 6.96. The lowest BCUT2D eigenvalue weighted by Gasteiger charge is -2.22. The van der Waals surface area contributed by atoms with E-state index >= 15 is 0 Å². The maximum absolute atomic E-state index is 5.05. The van der Waals surface area contributed by atoms with Crippen molar-refractivity contribution in [1.82, 2.24) is 19.6 Å². The Morgan fingerprint density at radius 2 is 0.852 bits per heavy atom. The Hall–Kier alpha value is -0.720. The molecule has 6 heteroatoms. The molecule has 2 rings (SSSR count). The molecule has 0 saturated carbocycles. The van der Waals surface area contributed by atoms with E-state index in [1.807, 2.05) is 0 Å². The number of rotatable bonds is 2. The molecular formula is C21H38N4P2. The van der Waals surface area contributed by atoms with Gasteiger partial charge in [-0.3, -0.25) is 0 Å². The lowest BCUT2D eigenvalue weighted by molar-refractivity contribution is 0.400. The molecule has 4 nitrogen and oxygen atoms in total. The summed E-state index contributed by atoms with van der Waals surface area (Å²) < 4.78 is 4.41. The van der Waals surface area contributed by atoms with Gasteiger partial charge in [-0.25, -0.2) is 9.36 Å². The average Bonchev–Trinajstić information content (AvgIpc) is 3.00. The van der Waals surface area contributed by atoms with Gasteiger partial charge in [0.2, 0.25) is 0 Å². The van der Waals surface area contributed by atoms with Gasteiger partial charge in [-0.2, -0.15) is 10.2 Å². The van der Waals surface area contributed by atoms with Crippen LogP contribution < -0.4 is 0 Å². The van der Waals surface area contributed by atoms with Crippen LogP contribution in [-0.2, 0) is 28.3 Å². The highest BCUT2D eigenvalue weighted by Crippen LogP contribution is 2.40. The van der Waals surface area contributed by atoms with Crippen LogP contribution in [0.1, 0.15) is 105 Å². The van der Waals surface area contributed by atoms with Crippen LogP contribution >= 0.6 is 16.4 Å². The fourth-order valence-electron chi connectivity index (χ4n) is 2.75.